The number of nitrogens with one attached hydrogen (secondary N) is 2. The fourth-order valence-corrected chi connectivity index (χ4v) is 2.09. The smallest absolute Gasteiger partial charge is 0.144 e. The highest BCUT2D eigenvalue weighted by Gasteiger charge is 2.16. The molecular weight excluding hydrogens is 200 g/mol. The van der Waals surface area contributed by atoms with Crippen molar-refractivity contribution < 1.29 is 4.84 Å². The molecule has 0 fully saturated rings. The third-order valence-corrected chi connectivity index (χ3v) is 2.98. The first-order chi connectivity index (χ1) is 7.59. The summed E-state index contributed by atoms with van der Waals surface area (Å²) in [4.78, 5) is 5.17. The summed E-state index contributed by atoms with van der Waals surface area (Å²) < 4.78 is 0. The van der Waals surface area contributed by atoms with Crippen LogP contribution < -0.4 is 10.8 Å². The van der Waals surface area contributed by atoms with E-state index in [1.807, 2.05) is 0 Å². The number of fused-ring (bicyclic) bond motifs is 1. The van der Waals surface area contributed by atoms with E-state index < -0.39 is 0 Å². The fraction of sp³-hybridized carbons (Fsp3) is 0.538. The lowest BCUT2D eigenvalue weighted by Gasteiger charge is -2.24. The van der Waals surface area contributed by atoms with Crippen LogP contribution in [0.1, 0.15) is 50.7 Å². The highest BCUT2D eigenvalue weighted by Crippen LogP contribution is 2.35. The number of hydrogen-bond donors (Lipinski definition) is 2. The maximum absolute atomic E-state index is 5.17. The van der Waals surface area contributed by atoms with E-state index in [-0.39, 0.29) is 0 Å². The van der Waals surface area contributed by atoms with Crippen LogP contribution >= 0.6 is 0 Å². The van der Waals surface area contributed by atoms with Gasteiger partial charge in [0.15, 0.2) is 0 Å². The number of anilines is 2. The van der Waals surface area contributed by atoms with E-state index in [1.54, 1.807) is 0 Å². The lowest BCUT2D eigenvalue weighted by atomic mass is 9.89. The summed E-state index contributed by atoms with van der Waals surface area (Å²) in [5.41, 5.74) is 7.96. The molecular formula is C13H20N2O. The van der Waals surface area contributed by atoms with Gasteiger partial charge in [0.2, 0.25) is 0 Å². The predicted octanol–water partition coefficient (Wildman–Crippen LogP) is 3.66. The molecule has 0 unspecified atom stereocenters. The molecule has 16 heavy (non-hydrogen) atoms. The summed E-state index contributed by atoms with van der Waals surface area (Å²) in [7, 11) is 0. The van der Waals surface area contributed by atoms with E-state index >= 15 is 0 Å². The third-order valence-electron chi connectivity index (χ3n) is 2.98. The molecule has 0 amide bonds. The average Bonchev–Trinajstić information content (AvgIpc) is 2.27. The maximum atomic E-state index is 5.17. The molecule has 88 valence electrons. The number of benzene rings is 1. The van der Waals surface area contributed by atoms with Gasteiger partial charge < -0.3 is 5.32 Å². The van der Waals surface area contributed by atoms with Crippen molar-refractivity contribution in [1.29, 1.82) is 0 Å². The zero-order chi connectivity index (χ0) is 11.7. The zero-order valence-electron chi connectivity index (χ0n) is 10.4. The Balaban J connectivity index is 2.50. The van der Waals surface area contributed by atoms with E-state index in [0.29, 0.717) is 18.6 Å². The van der Waals surface area contributed by atoms with E-state index in [0.717, 1.165) is 11.4 Å². The summed E-state index contributed by atoms with van der Waals surface area (Å²) in [6.07, 6.45) is 0. The first-order valence-corrected chi connectivity index (χ1v) is 5.89. The Bertz CT molecular complexity index is 349. The van der Waals surface area contributed by atoms with Crippen LogP contribution in [0.4, 0.5) is 11.4 Å². The van der Waals surface area contributed by atoms with Gasteiger partial charge in [-0.1, -0.05) is 27.7 Å². The Morgan fingerprint density at radius 3 is 2.12 bits per heavy atom. The van der Waals surface area contributed by atoms with Gasteiger partial charge in [0.25, 0.3) is 0 Å². The fourth-order valence-electron chi connectivity index (χ4n) is 2.09. The van der Waals surface area contributed by atoms with E-state index in [4.69, 9.17) is 4.84 Å². The molecule has 0 saturated heterocycles. The van der Waals surface area contributed by atoms with Gasteiger partial charge in [-0.2, -0.15) is 0 Å². The van der Waals surface area contributed by atoms with Gasteiger partial charge in [-0.15, -0.1) is 0 Å². The Kier molecular flexibility index (Phi) is 3.06. The molecule has 1 heterocycles. The molecule has 1 aliphatic rings. The maximum Gasteiger partial charge on any atom is 0.144 e. The predicted molar refractivity (Wildman–Crippen MR) is 67.8 cm³/mol. The van der Waals surface area contributed by atoms with Crippen molar-refractivity contribution >= 4 is 11.4 Å². The van der Waals surface area contributed by atoms with E-state index in [2.05, 4.69) is 50.6 Å². The minimum absolute atomic E-state index is 0.519. The van der Waals surface area contributed by atoms with E-state index in [9.17, 15) is 0 Å². The molecule has 1 aliphatic heterocycles. The van der Waals surface area contributed by atoms with Crippen molar-refractivity contribution in [3.63, 3.8) is 0 Å². The van der Waals surface area contributed by atoms with Crippen molar-refractivity contribution in [3.8, 4) is 0 Å². The van der Waals surface area contributed by atoms with Crippen molar-refractivity contribution in [3.05, 3.63) is 23.3 Å². The highest BCUT2D eigenvalue weighted by molar-refractivity contribution is 5.72. The van der Waals surface area contributed by atoms with Gasteiger partial charge in [0.1, 0.15) is 6.73 Å². The Morgan fingerprint density at radius 2 is 1.56 bits per heavy atom. The van der Waals surface area contributed by atoms with Crippen LogP contribution in [-0.2, 0) is 4.84 Å². The number of hydrogen-bond acceptors (Lipinski definition) is 3. The van der Waals surface area contributed by atoms with Crippen molar-refractivity contribution in [1.82, 2.24) is 0 Å². The Hall–Kier alpha value is -1.22. The zero-order valence-corrected chi connectivity index (χ0v) is 10.4. The van der Waals surface area contributed by atoms with E-state index in [1.165, 1.54) is 11.1 Å². The lowest BCUT2D eigenvalue weighted by molar-refractivity contribution is 0.209. The molecule has 0 saturated carbocycles. The minimum atomic E-state index is 0.519. The molecule has 0 bridgehead atoms. The Labute approximate surface area is 97.1 Å². The molecule has 3 heteroatoms. The molecule has 1 aromatic carbocycles. The average molecular weight is 220 g/mol. The molecule has 1 aromatic rings. The molecule has 2 N–H and O–H groups in total. The Morgan fingerprint density at radius 1 is 1.00 bits per heavy atom. The summed E-state index contributed by atoms with van der Waals surface area (Å²) in [5.74, 6) is 1.08. The monoisotopic (exact) mass is 220 g/mol. The van der Waals surface area contributed by atoms with Crippen LogP contribution in [0.15, 0.2) is 12.1 Å². The molecule has 0 radical (unpaired) electrons. The van der Waals surface area contributed by atoms with Crippen LogP contribution in [-0.4, -0.2) is 6.73 Å². The highest BCUT2D eigenvalue weighted by atomic mass is 16.7. The van der Waals surface area contributed by atoms with Crippen LogP contribution in [0.5, 0.6) is 0 Å². The summed E-state index contributed by atoms with van der Waals surface area (Å²) >= 11 is 0. The third kappa shape index (κ3) is 2.00. The summed E-state index contributed by atoms with van der Waals surface area (Å²) in [6, 6.07) is 4.44. The van der Waals surface area contributed by atoms with Crippen molar-refractivity contribution in [2.45, 2.75) is 39.5 Å². The second-order valence-electron chi connectivity index (χ2n) is 4.90. The molecule has 0 spiro atoms. The molecule has 0 aliphatic carbocycles. The molecule has 0 atom stereocenters. The van der Waals surface area contributed by atoms with Gasteiger partial charge in [-0.25, -0.2) is 0 Å². The largest absolute Gasteiger partial charge is 0.359 e. The van der Waals surface area contributed by atoms with Crippen molar-refractivity contribution in [2.75, 3.05) is 17.5 Å². The second kappa shape index (κ2) is 4.34. The normalized spacial score (nSPS) is 14.6. The summed E-state index contributed by atoms with van der Waals surface area (Å²) in [6.45, 7) is 9.45. The summed E-state index contributed by atoms with van der Waals surface area (Å²) in [5, 5.41) is 3.24. The molecule has 3 nitrogen and oxygen atoms in total. The van der Waals surface area contributed by atoms with Crippen LogP contribution in [0.2, 0.25) is 0 Å². The van der Waals surface area contributed by atoms with Gasteiger partial charge in [0.05, 0.1) is 11.4 Å². The van der Waals surface area contributed by atoms with Gasteiger partial charge in [-0.3, -0.25) is 10.3 Å². The molecule has 2 rings (SSSR count). The van der Waals surface area contributed by atoms with Crippen molar-refractivity contribution in [2.24, 2.45) is 0 Å². The second-order valence-corrected chi connectivity index (χ2v) is 4.90. The number of rotatable bonds is 2. The van der Waals surface area contributed by atoms with Gasteiger partial charge in [0, 0.05) is 0 Å². The van der Waals surface area contributed by atoms with Gasteiger partial charge in [-0.05, 0) is 35.1 Å². The first-order valence-electron chi connectivity index (χ1n) is 5.89. The SMILES string of the molecule is CC(C)c1cc2c(cc1C(C)C)NOCN2. The van der Waals surface area contributed by atoms with Gasteiger partial charge >= 0.3 is 0 Å². The first kappa shape index (κ1) is 11.3. The topological polar surface area (TPSA) is 33.3 Å². The lowest BCUT2D eigenvalue weighted by Crippen LogP contribution is -2.19. The standard InChI is InChI=1S/C13H20N2O/c1-8(2)10-5-12-13(15-16-7-14-12)6-11(10)9(3)4/h5-6,8-9,14-15H,7H2,1-4H3. The van der Waals surface area contributed by atoms with Crippen LogP contribution in [0.25, 0.3) is 0 Å². The quantitative estimate of drug-likeness (QED) is 0.798. The minimum Gasteiger partial charge on any atom is -0.359 e. The molecule has 0 aromatic heterocycles. The van der Waals surface area contributed by atoms with Crippen LogP contribution in [0, 0.1) is 0 Å². The van der Waals surface area contributed by atoms with Crippen LogP contribution in [0.3, 0.4) is 0 Å².